The molecule has 0 unspecified atom stereocenters. The third-order valence-electron chi connectivity index (χ3n) is 3.47. The molecule has 0 atom stereocenters. The van der Waals surface area contributed by atoms with E-state index in [1.54, 1.807) is 7.11 Å². The zero-order valence-electron chi connectivity index (χ0n) is 12.7. The van der Waals surface area contributed by atoms with Crippen molar-refractivity contribution in [3.8, 4) is 5.75 Å². The minimum Gasteiger partial charge on any atom is -0.497 e. The molecule has 0 aromatic heterocycles. The van der Waals surface area contributed by atoms with Gasteiger partial charge >= 0.3 is 0 Å². The number of benzene rings is 1. The number of hydrogen-bond donors (Lipinski definition) is 2. The maximum absolute atomic E-state index is 11.8. The zero-order chi connectivity index (χ0) is 15.0. The molecule has 0 saturated carbocycles. The van der Waals surface area contributed by atoms with Gasteiger partial charge in [-0.2, -0.15) is 0 Å². The lowest BCUT2D eigenvalue weighted by atomic mass is 9.84. The number of rotatable bonds is 8. The second-order valence-corrected chi connectivity index (χ2v) is 5.83. The van der Waals surface area contributed by atoms with E-state index >= 15 is 0 Å². The molecule has 20 heavy (non-hydrogen) atoms. The lowest BCUT2D eigenvalue weighted by Gasteiger charge is -2.23. The summed E-state index contributed by atoms with van der Waals surface area (Å²) in [5.41, 5.74) is 6.74. The van der Waals surface area contributed by atoms with Crippen LogP contribution in [0.2, 0.25) is 0 Å². The first-order valence-corrected chi connectivity index (χ1v) is 7.06. The van der Waals surface area contributed by atoms with Gasteiger partial charge in [-0.25, -0.2) is 0 Å². The minimum absolute atomic E-state index is 0.0814. The van der Waals surface area contributed by atoms with Gasteiger partial charge in [0.25, 0.3) is 0 Å². The zero-order valence-corrected chi connectivity index (χ0v) is 12.7. The van der Waals surface area contributed by atoms with Crippen LogP contribution >= 0.6 is 0 Å². The Labute approximate surface area is 121 Å². The first kappa shape index (κ1) is 16.5. The lowest BCUT2D eigenvalue weighted by Crippen LogP contribution is -2.25. The maximum Gasteiger partial charge on any atom is 0.220 e. The first-order chi connectivity index (χ1) is 9.46. The van der Waals surface area contributed by atoms with Crippen LogP contribution in [-0.4, -0.2) is 19.6 Å². The molecule has 0 aliphatic heterocycles. The van der Waals surface area contributed by atoms with Gasteiger partial charge in [0.15, 0.2) is 0 Å². The van der Waals surface area contributed by atoms with Crippen LogP contribution in [-0.2, 0) is 11.3 Å². The molecule has 0 saturated heterocycles. The Morgan fingerprint density at radius 1 is 1.35 bits per heavy atom. The Bertz CT molecular complexity index is 430. The standard InChI is InChI=1S/C16H26N2O2/c1-16(2,9-10-17)8-7-15(19)18-12-13-5-4-6-14(11-13)20-3/h4-6,11H,7-10,12,17H2,1-3H3,(H,18,19). The average molecular weight is 278 g/mol. The second-order valence-electron chi connectivity index (χ2n) is 5.83. The SMILES string of the molecule is COc1cccc(CNC(=O)CCC(C)(C)CCN)c1. The van der Waals surface area contributed by atoms with E-state index in [2.05, 4.69) is 19.2 Å². The number of amides is 1. The van der Waals surface area contributed by atoms with E-state index < -0.39 is 0 Å². The van der Waals surface area contributed by atoms with E-state index in [1.165, 1.54) is 0 Å². The van der Waals surface area contributed by atoms with Gasteiger partial charge in [-0.05, 0) is 42.5 Å². The third-order valence-corrected chi connectivity index (χ3v) is 3.47. The van der Waals surface area contributed by atoms with Crippen LogP contribution in [0, 0.1) is 5.41 Å². The van der Waals surface area contributed by atoms with E-state index in [0.717, 1.165) is 24.2 Å². The van der Waals surface area contributed by atoms with Crippen molar-refractivity contribution in [3.63, 3.8) is 0 Å². The summed E-state index contributed by atoms with van der Waals surface area (Å²) < 4.78 is 5.16. The molecular formula is C16H26N2O2. The second kappa shape index (κ2) is 7.90. The highest BCUT2D eigenvalue weighted by Gasteiger charge is 2.18. The number of hydrogen-bond acceptors (Lipinski definition) is 3. The summed E-state index contributed by atoms with van der Waals surface area (Å²) >= 11 is 0. The number of methoxy groups -OCH3 is 1. The Morgan fingerprint density at radius 3 is 2.75 bits per heavy atom. The van der Waals surface area contributed by atoms with Gasteiger partial charge in [0.2, 0.25) is 5.91 Å². The van der Waals surface area contributed by atoms with Crippen molar-refractivity contribution in [2.75, 3.05) is 13.7 Å². The Balaban J connectivity index is 2.36. The largest absolute Gasteiger partial charge is 0.497 e. The summed E-state index contributed by atoms with van der Waals surface area (Å²) in [5, 5.41) is 2.94. The molecule has 1 aromatic carbocycles. The molecule has 1 amide bonds. The molecule has 1 rings (SSSR count). The summed E-state index contributed by atoms with van der Waals surface area (Å²) in [7, 11) is 1.64. The van der Waals surface area contributed by atoms with Crippen LogP contribution in [0.15, 0.2) is 24.3 Å². The van der Waals surface area contributed by atoms with Crippen molar-refractivity contribution in [2.24, 2.45) is 11.1 Å². The van der Waals surface area contributed by atoms with Gasteiger partial charge in [-0.3, -0.25) is 4.79 Å². The number of carbonyl (C=O) groups excluding carboxylic acids is 1. The predicted octanol–water partition coefficient (Wildman–Crippen LogP) is 2.47. The normalized spacial score (nSPS) is 11.2. The summed E-state index contributed by atoms with van der Waals surface area (Å²) in [6.07, 6.45) is 2.33. The first-order valence-electron chi connectivity index (χ1n) is 7.06. The fourth-order valence-corrected chi connectivity index (χ4v) is 2.04. The van der Waals surface area contributed by atoms with Gasteiger partial charge in [0.05, 0.1) is 7.11 Å². The molecule has 0 bridgehead atoms. The third kappa shape index (κ3) is 6.06. The summed E-state index contributed by atoms with van der Waals surface area (Å²) in [5.74, 6) is 0.888. The summed E-state index contributed by atoms with van der Waals surface area (Å²) in [6.45, 7) is 5.50. The van der Waals surface area contributed by atoms with Crippen molar-refractivity contribution in [1.82, 2.24) is 5.32 Å². The Hall–Kier alpha value is -1.55. The Kier molecular flexibility index (Phi) is 6.52. The van der Waals surface area contributed by atoms with E-state index in [-0.39, 0.29) is 11.3 Å². The molecule has 4 heteroatoms. The molecule has 1 aromatic rings. The molecule has 0 spiro atoms. The number of nitrogens with one attached hydrogen (secondary N) is 1. The molecule has 112 valence electrons. The van der Waals surface area contributed by atoms with Crippen LogP contribution < -0.4 is 15.8 Å². The minimum atomic E-state index is 0.0814. The van der Waals surface area contributed by atoms with Crippen molar-refractivity contribution < 1.29 is 9.53 Å². The fraction of sp³-hybridized carbons (Fsp3) is 0.562. The highest BCUT2D eigenvalue weighted by Crippen LogP contribution is 2.25. The molecule has 3 N–H and O–H groups in total. The van der Waals surface area contributed by atoms with Gasteiger partial charge in [0.1, 0.15) is 5.75 Å². The van der Waals surface area contributed by atoms with Crippen LogP contribution in [0.5, 0.6) is 5.75 Å². The van der Waals surface area contributed by atoms with Gasteiger partial charge in [-0.15, -0.1) is 0 Å². The topological polar surface area (TPSA) is 64.3 Å². The molecular weight excluding hydrogens is 252 g/mol. The quantitative estimate of drug-likeness (QED) is 0.767. The van der Waals surface area contributed by atoms with E-state index in [0.29, 0.717) is 19.5 Å². The highest BCUT2D eigenvalue weighted by atomic mass is 16.5. The van der Waals surface area contributed by atoms with E-state index in [9.17, 15) is 4.79 Å². The van der Waals surface area contributed by atoms with Crippen molar-refractivity contribution in [3.05, 3.63) is 29.8 Å². The van der Waals surface area contributed by atoms with E-state index in [1.807, 2.05) is 24.3 Å². The smallest absolute Gasteiger partial charge is 0.220 e. The molecule has 0 fully saturated rings. The number of carbonyl (C=O) groups is 1. The lowest BCUT2D eigenvalue weighted by molar-refractivity contribution is -0.121. The van der Waals surface area contributed by atoms with Crippen LogP contribution in [0.4, 0.5) is 0 Å². The molecule has 4 nitrogen and oxygen atoms in total. The van der Waals surface area contributed by atoms with Crippen molar-refractivity contribution in [1.29, 1.82) is 0 Å². The highest BCUT2D eigenvalue weighted by molar-refractivity contribution is 5.75. The molecule has 0 aliphatic rings. The van der Waals surface area contributed by atoms with Gasteiger partial charge < -0.3 is 15.8 Å². The van der Waals surface area contributed by atoms with Crippen LogP contribution in [0.25, 0.3) is 0 Å². The molecule has 0 radical (unpaired) electrons. The summed E-state index contributed by atoms with van der Waals surface area (Å²) in [6, 6.07) is 7.71. The molecule has 0 aliphatic carbocycles. The predicted molar refractivity (Wildman–Crippen MR) is 81.5 cm³/mol. The van der Waals surface area contributed by atoms with E-state index in [4.69, 9.17) is 10.5 Å². The van der Waals surface area contributed by atoms with Crippen LogP contribution in [0.1, 0.15) is 38.7 Å². The maximum atomic E-state index is 11.8. The fourth-order valence-electron chi connectivity index (χ4n) is 2.04. The van der Waals surface area contributed by atoms with Gasteiger partial charge in [-0.1, -0.05) is 26.0 Å². The number of ether oxygens (including phenoxy) is 1. The number of nitrogens with two attached hydrogens (primary N) is 1. The Morgan fingerprint density at radius 2 is 2.10 bits per heavy atom. The summed E-state index contributed by atoms with van der Waals surface area (Å²) in [4.78, 5) is 11.8. The van der Waals surface area contributed by atoms with Crippen molar-refractivity contribution >= 4 is 5.91 Å². The molecule has 0 heterocycles. The van der Waals surface area contributed by atoms with Crippen molar-refractivity contribution in [2.45, 2.75) is 39.7 Å². The van der Waals surface area contributed by atoms with Crippen LogP contribution in [0.3, 0.4) is 0 Å². The average Bonchev–Trinajstić information content (AvgIpc) is 2.43. The van der Waals surface area contributed by atoms with Gasteiger partial charge in [0, 0.05) is 13.0 Å². The monoisotopic (exact) mass is 278 g/mol.